The topological polar surface area (TPSA) is 56.3 Å². The van der Waals surface area contributed by atoms with Gasteiger partial charge in [-0.25, -0.2) is 8.78 Å². The quantitative estimate of drug-likeness (QED) is 0.0997. The van der Waals surface area contributed by atoms with Gasteiger partial charge in [-0.1, -0.05) is 18.2 Å². The summed E-state index contributed by atoms with van der Waals surface area (Å²) in [6, 6.07) is 22.9. The molecule has 2 fully saturated rings. The van der Waals surface area contributed by atoms with Crippen LogP contribution in [0.4, 0.5) is 33.3 Å². The van der Waals surface area contributed by atoms with Crippen molar-refractivity contribution < 1.29 is 36.3 Å². The molecular formula is C42H43F5N4O3. The number of alkyl halides is 5. The zero-order valence-corrected chi connectivity index (χ0v) is 30.2. The third kappa shape index (κ3) is 8.76. The molecule has 0 N–H and O–H groups in total. The van der Waals surface area contributed by atoms with Crippen LogP contribution < -0.4 is 14.5 Å². The highest BCUT2D eigenvalue weighted by molar-refractivity contribution is 5.97. The number of ketones is 2. The number of nitrogens with zero attached hydrogens (tertiary/aromatic N) is 4. The van der Waals surface area contributed by atoms with Crippen molar-refractivity contribution in [2.24, 2.45) is 0 Å². The molecular weight excluding hydrogens is 703 g/mol. The number of halogens is 5. The smallest absolute Gasteiger partial charge is 0.416 e. The van der Waals surface area contributed by atoms with Crippen molar-refractivity contribution in [2.45, 2.75) is 38.3 Å². The summed E-state index contributed by atoms with van der Waals surface area (Å²) in [5.74, 6) is -1.49. The average molecular weight is 747 g/mol. The molecule has 0 atom stereocenters. The van der Waals surface area contributed by atoms with E-state index in [0.717, 1.165) is 42.9 Å². The molecule has 2 saturated heterocycles. The highest BCUT2D eigenvalue weighted by atomic mass is 19.4. The number of fused-ring (bicyclic) bond motifs is 2. The largest absolute Gasteiger partial charge is 0.457 e. The summed E-state index contributed by atoms with van der Waals surface area (Å²) in [6.07, 6.45) is -3.19. The fourth-order valence-corrected chi connectivity index (χ4v) is 7.43. The van der Waals surface area contributed by atoms with Crippen LogP contribution in [-0.4, -0.2) is 86.8 Å². The van der Waals surface area contributed by atoms with E-state index in [9.17, 15) is 31.5 Å². The minimum atomic E-state index is -4.38. The van der Waals surface area contributed by atoms with Crippen LogP contribution in [0.3, 0.4) is 0 Å². The molecule has 3 heterocycles. The minimum absolute atomic E-state index is 0.00217. The van der Waals surface area contributed by atoms with Crippen molar-refractivity contribution in [2.75, 3.05) is 75.2 Å². The predicted molar refractivity (Wildman–Crippen MR) is 198 cm³/mol. The number of carbonyl (C=O) groups is 2. The predicted octanol–water partition coefficient (Wildman–Crippen LogP) is 8.30. The molecule has 0 amide bonds. The number of rotatable bonds is 11. The monoisotopic (exact) mass is 746 g/mol. The van der Waals surface area contributed by atoms with E-state index in [1.165, 1.54) is 18.2 Å². The maximum Gasteiger partial charge on any atom is 0.416 e. The molecule has 4 aromatic rings. The zero-order chi connectivity index (χ0) is 38.0. The Bertz CT molecular complexity index is 1860. The van der Waals surface area contributed by atoms with E-state index < -0.39 is 17.7 Å². The Hall–Kier alpha value is -4.81. The first kappa shape index (κ1) is 37.5. The highest BCUT2D eigenvalue weighted by Crippen LogP contribution is 2.38. The molecule has 0 spiro atoms. The third-order valence-electron chi connectivity index (χ3n) is 10.7. The van der Waals surface area contributed by atoms with E-state index in [-0.39, 0.29) is 17.1 Å². The molecule has 4 aromatic carbocycles. The van der Waals surface area contributed by atoms with Gasteiger partial charge in [0.1, 0.15) is 11.5 Å². The van der Waals surface area contributed by atoms with Gasteiger partial charge in [0.25, 0.3) is 5.92 Å². The van der Waals surface area contributed by atoms with Crippen LogP contribution in [0, 0.1) is 0 Å². The zero-order valence-electron chi connectivity index (χ0n) is 30.2. The molecule has 284 valence electrons. The van der Waals surface area contributed by atoms with Gasteiger partial charge in [-0.05, 0) is 66.7 Å². The lowest BCUT2D eigenvalue weighted by Crippen LogP contribution is -2.47. The first-order chi connectivity index (χ1) is 25.8. The summed E-state index contributed by atoms with van der Waals surface area (Å²) in [6.45, 7) is 7.37. The normalized spacial score (nSPS) is 16.8. The van der Waals surface area contributed by atoms with E-state index >= 15 is 0 Å². The van der Waals surface area contributed by atoms with Crippen LogP contribution in [0.5, 0.6) is 11.5 Å². The lowest BCUT2D eigenvalue weighted by atomic mass is 9.94. The van der Waals surface area contributed by atoms with Crippen LogP contribution in [0.15, 0.2) is 84.9 Å². The SMILES string of the molecule is CC(F)(F)c1cccc(N2CCN(CCC(=O)c3ccc4c(c3)Cc3cc(C(=O)CCN5CCN(c6cccc(C(F)(F)F)c6)CC5)ccc3O4)CC2)c1. The first-order valence-electron chi connectivity index (χ1n) is 18.4. The molecule has 0 unspecified atom stereocenters. The molecule has 0 aromatic heterocycles. The Labute approximate surface area is 311 Å². The van der Waals surface area contributed by atoms with Crippen molar-refractivity contribution in [3.63, 3.8) is 0 Å². The number of hydrogen-bond donors (Lipinski definition) is 0. The Morgan fingerprint density at radius 1 is 0.593 bits per heavy atom. The lowest BCUT2D eigenvalue weighted by molar-refractivity contribution is -0.137. The van der Waals surface area contributed by atoms with Crippen LogP contribution in [0.1, 0.15) is 62.7 Å². The van der Waals surface area contributed by atoms with Crippen molar-refractivity contribution in [3.05, 3.63) is 118 Å². The van der Waals surface area contributed by atoms with Gasteiger partial charge in [0.2, 0.25) is 0 Å². The molecule has 3 aliphatic heterocycles. The van der Waals surface area contributed by atoms with Gasteiger partial charge in [-0.2, -0.15) is 13.2 Å². The summed E-state index contributed by atoms with van der Waals surface area (Å²) in [4.78, 5) is 35.0. The summed E-state index contributed by atoms with van der Waals surface area (Å²) >= 11 is 0. The molecule has 7 nitrogen and oxygen atoms in total. The van der Waals surface area contributed by atoms with Crippen molar-refractivity contribution >= 4 is 22.9 Å². The lowest BCUT2D eigenvalue weighted by Gasteiger charge is -2.36. The van der Waals surface area contributed by atoms with E-state index in [0.29, 0.717) is 99.9 Å². The molecule has 7 rings (SSSR count). The molecule has 0 saturated carbocycles. The van der Waals surface area contributed by atoms with Gasteiger partial charge >= 0.3 is 6.18 Å². The van der Waals surface area contributed by atoms with Gasteiger partial charge in [0, 0.05) is 131 Å². The van der Waals surface area contributed by atoms with Gasteiger partial charge in [-0.15, -0.1) is 0 Å². The van der Waals surface area contributed by atoms with Gasteiger partial charge in [-0.3, -0.25) is 19.4 Å². The Kier molecular flexibility index (Phi) is 10.8. The second-order valence-electron chi connectivity index (χ2n) is 14.4. The Balaban J connectivity index is 0.882. The number of carbonyl (C=O) groups excluding carboxylic acids is 2. The molecule has 0 radical (unpaired) electrons. The number of hydrogen-bond acceptors (Lipinski definition) is 7. The number of piperazine rings is 2. The molecule has 0 aliphatic carbocycles. The third-order valence-corrected chi connectivity index (χ3v) is 10.7. The Morgan fingerprint density at radius 3 is 1.48 bits per heavy atom. The maximum atomic E-state index is 13.8. The van der Waals surface area contributed by atoms with E-state index in [4.69, 9.17) is 4.74 Å². The van der Waals surface area contributed by atoms with Crippen LogP contribution in [-0.2, 0) is 18.5 Å². The van der Waals surface area contributed by atoms with Crippen LogP contribution >= 0.6 is 0 Å². The average Bonchev–Trinajstić information content (AvgIpc) is 3.17. The van der Waals surface area contributed by atoms with Crippen molar-refractivity contribution in [1.82, 2.24) is 9.80 Å². The van der Waals surface area contributed by atoms with Gasteiger partial charge < -0.3 is 14.5 Å². The standard InChI is InChI=1S/C42H43F5N4O3/c1-41(43,44)33-4-2-6-35(27-33)50-20-16-48(17-21-50)14-12-37(52)29-8-10-39-31(24-29)26-32-25-30(9-11-40(32)54-39)38(53)13-15-49-18-22-51(23-19-49)36-7-3-5-34(28-36)42(45,46)47/h2-11,24-25,27-28H,12-23,26H2,1H3. The first-order valence-corrected chi connectivity index (χ1v) is 18.4. The number of Topliss-reactive ketones (excluding diaryl/α,β-unsaturated/α-hetero) is 2. The van der Waals surface area contributed by atoms with E-state index in [2.05, 4.69) is 14.7 Å². The highest BCUT2D eigenvalue weighted by Gasteiger charge is 2.31. The summed E-state index contributed by atoms with van der Waals surface area (Å²) in [7, 11) is 0. The fraction of sp³-hybridized carbons (Fsp3) is 0.381. The number of ether oxygens (including phenoxy) is 1. The number of anilines is 2. The van der Waals surface area contributed by atoms with Gasteiger partial charge in [0.05, 0.1) is 5.56 Å². The van der Waals surface area contributed by atoms with E-state index in [1.807, 2.05) is 35.2 Å². The number of benzene rings is 4. The molecule has 54 heavy (non-hydrogen) atoms. The molecule has 3 aliphatic rings. The summed E-state index contributed by atoms with van der Waals surface area (Å²) < 4.78 is 73.4. The van der Waals surface area contributed by atoms with Crippen LogP contribution in [0.25, 0.3) is 0 Å². The molecule has 0 bridgehead atoms. The summed E-state index contributed by atoms with van der Waals surface area (Å²) in [5, 5.41) is 0. The van der Waals surface area contributed by atoms with Crippen molar-refractivity contribution in [3.8, 4) is 11.5 Å². The Morgan fingerprint density at radius 2 is 1.04 bits per heavy atom. The van der Waals surface area contributed by atoms with Crippen molar-refractivity contribution in [1.29, 1.82) is 0 Å². The molecule has 12 heteroatoms. The maximum absolute atomic E-state index is 13.8. The van der Waals surface area contributed by atoms with Gasteiger partial charge in [0.15, 0.2) is 11.6 Å². The van der Waals surface area contributed by atoms with Crippen LogP contribution in [0.2, 0.25) is 0 Å². The summed E-state index contributed by atoms with van der Waals surface area (Å²) in [5.41, 5.74) is 3.63. The fourth-order valence-electron chi connectivity index (χ4n) is 7.43. The minimum Gasteiger partial charge on any atom is -0.457 e. The van der Waals surface area contributed by atoms with E-state index in [1.54, 1.807) is 30.3 Å². The second kappa shape index (κ2) is 15.5. The second-order valence-corrected chi connectivity index (χ2v) is 14.4.